The summed E-state index contributed by atoms with van der Waals surface area (Å²) in [7, 11) is 0. The Morgan fingerprint density at radius 1 is 1.10 bits per heavy atom. The maximum atomic E-state index is 12.8. The lowest BCUT2D eigenvalue weighted by Gasteiger charge is -2.28. The van der Waals surface area contributed by atoms with E-state index in [1.54, 1.807) is 23.4 Å². The third-order valence-electron chi connectivity index (χ3n) is 5.84. The van der Waals surface area contributed by atoms with Crippen LogP contribution in [0.25, 0.3) is 11.3 Å². The summed E-state index contributed by atoms with van der Waals surface area (Å²) in [5.74, 6) is -0.259. The van der Waals surface area contributed by atoms with Gasteiger partial charge < -0.3 is 10.2 Å². The molecule has 158 valence electrons. The Bertz CT molecular complexity index is 1090. The van der Waals surface area contributed by atoms with E-state index in [0.29, 0.717) is 30.1 Å². The van der Waals surface area contributed by atoms with Gasteiger partial charge in [0, 0.05) is 36.1 Å². The number of amides is 3. The number of carbonyl (C=O) groups excluding carboxylic acids is 3. The zero-order valence-corrected chi connectivity index (χ0v) is 17.3. The number of hydrogen-bond donors (Lipinski definition) is 1. The van der Waals surface area contributed by atoms with E-state index >= 15 is 0 Å². The van der Waals surface area contributed by atoms with Crippen LogP contribution in [-0.4, -0.2) is 56.6 Å². The lowest BCUT2D eigenvalue weighted by atomic mass is 10.0. The quantitative estimate of drug-likeness (QED) is 0.750. The van der Waals surface area contributed by atoms with Crippen molar-refractivity contribution >= 4 is 23.5 Å². The van der Waals surface area contributed by atoms with Gasteiger partial charge in [0.2, 0.25) is 5.91 Å². The van der Waals surface area contributed by atoms with E-state index in [1.165, 1.54) is 4.90 Å². The molecule has 3 aliphatic rings. The Balaban J connectivity index is 1.26. The van der Waals surface area contributed by atoms with Crippen molar-refractivity contribution in [1.29, 1.82) is 0 Å². The van der Waals surface area contributed by atoms with Crippen LogP contribution >= 0.6 is 0 Å². The van der Waals surface area contributed by atoms with Crippen molar-refractivity contribution in [3.63, 3.8) is 0 Å². The predicted octanol–water partition coefficient (Wildman–Crippen LogP) is 2.27. The first-order valence-corrected chi connectivity index (χ1v) is 10.6. The van der Waals surface area contributed by atoms with Gasteiger partial charge in [0.25, 0.3) is 11.8 Å². The number of pyridine rings is 2. The first-order valence-electron chi connectivity index (χ1n) is 10.6. The van der Waals surface area contributed by atoms with Gasteiger partial charge in [0.1, 0.15) is 11.5 Å². The fraction of sp³-hybridized carbons (Fsp3) is 0.348. The standard InChI is InChI=1S/C23H23N5O3/c1-14-4-8-18(24-11-14)15-5-9-19(25-12-15)26-20(29)13-27-10-2-3-17-21(27)23(31)28(22(17)30)16-6-7-16/h4-5,8-9,11-12,16H,2-3,6-7,10,13H2,1H3,(H,25,26,29). The molecule has 1 N–H and O–H groups in total. The molecule has 0 saturated heterocycles. The summed E-state index contributed by atoms with van der Waals surface area (Å²) in [5, 5.41) is 2.78. The molecule has 1 fully saturated rings. The van der Waals surface area contributed by atoms with Crippen molar-refractivity contribution < 1.29 is 14.4 Å². The van der Waals surface area contributed by atoms with E-state index in [2.05, 4.69) is 15.3 Å². The highest BCUT2D eigenvalue weighted by atomic mass is 16.2. The van der Waals surface area contributed by atoms with Crippen molar-refractivity contribution in [3.05, 3.63) is 53.5 Å². The van der Waals surface area contributed by atoms with Gasteiger partial charge in [-0.3, -0.25) is 24.3 Å². The van der Waals surface area contributed by atoms with E-state index in [-0.39, 0.29) is 30.3 Å². The fourth-order valence-corrected chi connectivity index (χ4v) is 4.13. The maximum Gasteiger partial charge on any atom is 0.277 e. The van der Waals surface area contributed by atoms with Crippen LogP contribution in [0.4, 0.5) is 5.82 Å². The molecule has 31 heavy (non-hydrogen) atoms. The predicted molar refractivity (Wildman–Crippen MR) is 114 cm³/mol. The van der Waals surface area contributed by atoms with Gasteiger partial charge in [-0.15, -0.1) is 0 Å². The number of rotatable bonds is 5. The zero-order valence-electron chi connectivity index (χ0n) is 17.3. The third-order valence-corrected chi connectivity index (χ3v) is 5.84. The van der Waals surface area contributed by atoms with Crippen molar-refractivity contribution in [1.82, 2.24) is 19.8 Å². The fourth-order valence-electron chi connectivity index (χ4n) is 4.13. The number of imide groups is 1. The number of anilines is 1. The van der Waals surface area contributed by atoms with Gasteiger partial charge in [0.15, 0.2) is 0 Å². The molecule has 0 aromatic carbocycles. The molecule has 0 spiro atoms. The molecule has 2 aromatic heterocycles. The number of aromatic nitrogens is 2. The average molecular weight is 417 g/mol. The summed E-state index contributed by atoms with van der Waals surface area (Å²) < 4.78 is 0. The molecule has 0 unspecified atom stereocenters. The normalized spacial score (nSPS) is 18.5. The van der Waals surface area contributed by atoms with Crippen LogP contribution in [0.5, 0.6) is 0 Å². The molecular weight excluding hydrogens is 394 g/mol. The number of aryl methyl sites for hydroxylation is 1. The second kappa shape index (κ2) is 7.61. The van der Waals surface area contributed by atoms with E-state index in [4.69, 9.17) is 0 Å². The SMILES string of the molecule is Cc1ccc(-c2ccc(NC(=O)CN3CCCC4=C3C(=O)N(C3CC3)C4=O)nc2)nc1. The minimum absolute atomic E-state index is 0.0132. The lowest BCUT2D eigenvalue weighted by Crippen LogP contribution is -2.40. The highest BCUT2D eigenvalue weighted by molar-refractivity contribution is 6.19. The minimum atomic E-state index is -0.271. The van der Waals surface area contributed by atoms with Crippen LogP contribution in [0.15, 0.2) is 47.9 Å². The highest BCUT2D eigenvalue weighted by Gasteiger charge is 2.48. The summed E-state index contributed by atoms with van der Waals surface area (Å²) in [6.07, 6.45) is 6.56. The van der Waals surface area contributed by atoms with Crippen molar-refractivity contribution in [3.8, 4) is 11.3 Å². The number of nitrogens with one attached hydrogen (secondary N) is 1. The molecule has 0 bridgehead atoms. The topological polar surface area (TPSA) is 95.5 Å². The molecule has 0 atom stereocenters. The molecule has 3 amide bonds. The Morgan fingerprint density at radius 2 is 1.94 bits per heavy atom. The molecule has 0 radical (unpaired) electrons. The first kappa shape index (κ1) is 19.4. The second-order valence-corrected chi connectivity index (χ2v) is 8.26. The van der Waals surface area contributed by atoms with Gasteiger partial charge in [0.05, 0.1) is 12.2 Å². The molecule has 2 aromatic rings. The number of carbonyl (C=O) groups is 3. The van der Waals surface area contributed by atoms with Crippen LogP contribution in [0.1, 0.15) is 31.2 Å². The Kier molecular flexibility index (Phi) is 4.77. The lowest BCUT2D eigenvalue weighted by molar-refractivity contribution is -0.138. The molecule has 1 saturated carbocycles. The van der Waals surface area contributed by atoms with Crippen molar-refractivity contribution in [2.45, 2.75) is 38.6 Å². The van der Waals surface area contributed by atoms with E-state index < -0.39 is 0 Å². The molecule has 8 heteroatoms. The van der Waals surface area contributed by atoms with Crippen LogP contribution in [0.3, 0.4) is 0 Å². The summed E-state index contributed by atoms with van der Waals surface area (Å²) in [6, 6.07) is 7.53. The van der Waals surface area contributed by atoms with Gasteiger partial charge in [-0.05, 0) is 56.4 Å². The van der Waals surface area contributed by atoms with Crippen LogP contribution in [-0.2, 0) is 14.4 Å². The van der Waals surface area contributed by atoms with Crippen LogP contribution in [0.2, 0.25) is 0 Å². The molecule has 8 nitrogen and oxygen atoms in total. The number of hydrogen-bond acceptors (Lipinski definition) is 6. The van der Waals surface area contributed by atoms with Crippen molar-refractivity contribution in [2.24, 2.45) is 0 Å². The van der Waals surface area contributed by atoms with E-state index in [0.717, 1.165) is 36.1 Å². The third kappa shape index (κ3) is 3.69. The zero-order chi connectivity index (χ0) is 21.5. The Labute approximate surface area is 180 Å². The summed E-state index contributed by atoms with van der Waals surface area (Å²) in [4.78, 5) is 49.9. The van der Waals surface area contributed by atoms with Crippen LogP contribution in [0, 0.1) is 6.92 Å². The van der Waals surface area contributed by atoms with E-state index in [9.17, 15) is 14.4 Å². The Hall–Kier alpha value is -3.55. The highest BCUT2D eigenvalue weighted by Crippen LogP contribution is 2.38. The molecule has 1 aliphatic carbocycles. The van der Waals surface area contributed by atoms with E-state index in [1.807, 2.05) is 25.1 Å². The van der Waals surface area contributed by atoms with Crippen LogP contribution < -0.4 is 5.32 Å². The Morgan fingerprint density at radius 3 is 2.61 bits per heavy atom. The summed E-state index contributed by atoms with van der Waals surface area (Å²) >= 11 is 0. The molecular formula is C23H23N5O3. The van der Waals surface area contributed by atoms with Gasteiger partial charge >= 0.3 is 0 Å². The largest absolute Gasteiger partial charge is 0.357 e. The van der Waals surface area contributed by atoms with Gasteiger partial charge in [-0.2, -0.15) is 0 Å². The monoisotopic (exact) mass is 417 g/mol. The van der Waals surface area contributed by atoms with Gasteiger partial charge in [-0.25, -0.2) is 4.98 Å². The average Bonchev–Trinajstić information content (AvgIpc) is 3.56. The molecule has 5 rings (SSSR count). The smallest absolute Gasteiger partial charge is 0.277 e. The van der Waals surface area contributed by atoms with Gasteiger partial charge in [-0.1, -0.05) is 6.07 Å². The number of nitrogens with zero attached hydrogens (tertiary/aromatic N) is 4. The van der Waals surface area contributed by atoms with Crippen molar-refractivity contribution in [2.75, 3.05) is 18.4 Å². The minimum Gasteiger partial charge on any atom is -0.357 e. The second-order valence-electron chi connectivity index (χ2n) is 8.26. The summed E-state index contributed by atoms with van der Waals surface area (Å²) in [5.41, 5.74) is 3.72. The maximum absolute atomic E-state index is 12.8. The molecule has 2 aliphatic heterocycles. The summed E-state index contributed by atoms with van der Waals surface area (Å²) in [6.45, 7) is 2.57. The molecule has 4 heterocycles. The first-order chi connectivity index (χ1) is 15.0.